The Balaban J connectivity index is 1.95. The zero-order valence-electron chi connectivity index (χ0n) is 10.0. The van der Waals surface area contributed by atoms with Crippen molar-refractivity contribution >= 4 is 5.69 Å². The van der Waals surface area contributed by atoms with Gasteiger partial charge in [0.1, 0.15) is 0 Å². The van der Waals surface area contributed by atoms with Gasteiger partial charge >= 0.3 is 0 Å². The van der Waals surface area contributed by atoms with Crippen LogP contribution in [0.1, 0.15) is 16.7 Å². The van der Waals surface area contributed by atoms with Crippen molar-refractivity contribution in [2.75, 3.05) is 5.73 Å². The van der Waals surface area contributed by atoms with Crippen molar-refractivity contribution in [2.45, 2.75) is 12.8 Å². The summed E-state index contributed by atoms with van der Waals surface area (Å²) >= 11 is 0. The quantitative estimate of drug-likeness (QED) is 0.830. The van der Waals surface area contributed by atoms with E-state index < -0.39 is 0 Å². The van der Waals surface area contributed by atoms with E-state index >= 15 is 0 Å². The van der Waals surface area contributed by atoms with Crippen molar-refractivity contribution in [1.82, 2.24) is 4.98 Å². The van der Waals surface area contributed by atoms with Gasteiger partial charge in [0.25, 0.3) is 0 Å². The highest BCUT2D eigenvalue weighted by molar-refractivity contribution is 5.49. The van der Waals surface area contributed by atoms with Crippen LogP contribution in [0.15, 0.2) is 42.7 Å². The summed E-state index contributed by atoms with van der Waals surface area (Å²) in [4.78, 5) is 4.07. The molecule has 0 unspecified atom stereocenters. The third-order valence-corrected chi connectivity index (χ3v) is 2.63. The molecule has 0 aliphatic heterocycles. The largest absolute Gasteiger partial charge is 0.399 e. The van der Waals surface area contributed by atoms with Crippen LogP contribution in [-0.4, -0.2) is 4.98 Å². The van der Waals surface area contributed by atoms with E-state index in [0.29, 0.717) is 11.3 Å². The lowest BCUT2D eigenvalue weighted by molar-refractivity contribution is 1.02. The summed E-state index contributed by atoms with van der Waals surface area (Å²) in [5.41, 5.74) is 9.24. The number of nitriles is 1. The summed E-state index contributed by atoms with van der Waals surface area (Å²) in [5, 5.41) is 8.87. The molecule has 1 aromatic heterocycles. The first kappa shape index (κ1) is 12.1. The number of hydrogen-bond acceptors (Lipinski definition) is 3. The highest BCUT2D eigenvalue weighted by Gasteiger charge is 2.00. The van der Waals surface area contributed by atoms with Crippen LogP contribution in [0, 0.1) is 17.8 Å². The number of benzene rings is 1. The minimum absolute atomic E-state index is 0.611. The van der Waals surface area contributed by atoms with E-state index in [-0.39, 0.29) is 0 Å². The van der Waals surface area contributed by atoms with Gasteiger partial charge < -0.3 is 5.73 Å². The van der Waals surface area contributed by atoms with Gasteiger partial charge in [0.2, 0.25) is 0 Å². The van der Waals surface area contributed by atoms with Crippen LogP contribution >= 0.6 is 0 Å². The second-order valence-electron chi connectivity index (χ2n) is 4.13. The van der Waals surface area contributed by atoms with Gasteiger partial charge in [-0.2, -0.15) is 5.26 Å². The summed E-state index contributed by atoms with van der Waals surface area (Å²) in [5.74, 6) is 0. The average Bonchev–Trinajstić information content (AvgIpc) is 2.39. The Morgan fingerprint density at radius 1 is 1.22 bits per heavy atom. The number of nitrogens with zero attached hydrogens (tertiary/aromatic N) is 2. The van der Waals surface area contributed by atoms with Crippen LogP contribution in [-0.2, 0) is 12.8 Å². The van der Waals surface area contributed by atoms with Gasteiger partial charge in [0.15, 0.2) is 0 Å². The number of nitrogen functional groups attached to an aromatic ring is 1. The number of rotatable bonds is 4. The number of hydrogen-bond donors (Lipinski definition) is 1. The molecule has 0 spiro atoms. The SMILES string of the molecule is N#Cc1cc(N)cc(C[CH]Cc2cccnc2)c1. The lowest BCUT2D eigenvalue weighted by Gasteiger charge is -2.04. The Morgan fingerprint density at radius 2 is 2.06 bits per heavy atom. The third kappa shape index (κ3) is 3.33. The smallest absolute Gasteiger partial charge is 0.0992 e. The zero-order chi connectivity index (χ0) is 12.8. The maximum atomic E-state index is 8.87. The summed E-state index contributed by atoms with van der Waals surface area (Å²) in [6, 6.07) is 11.5. The molecule has 89 valence electrons. The van der Waals surface area contributed by atoms with Gasteiger partial charge in [-0.25, -0.2) is 0 Å². The fraction of sp³-hybridized carbons (Fsp3) is 0.133. The molecular formula is C15H14N3. The van der Waals surface area contributed by atoms with Gasteiger partial charge in [-0.1, -0.05) is 6.07 Å². The predicted molar refractivity (Wildman–Crippen MR) is 71.5 cm³/mol. The normalized spacial score (nSPS) is 9.94. The minimum Gasteiger partial charge on any atom is -0.399 e. The number of nitrogens with two attached hydrogens (primary N) is 1. The van der Waals surface area contributed by atoms with Gasteiger partial charge in [-0.05, 0) is 54.7 Å². The standard InChI is InChI=1S/C15H14N3/c16-10-14-7-13(8-15(17)9-14)4-1-3-12-5-2-6-18-11-12/h1-2,5-9,11H,3-4,17H2. The molecule has 2 N–H and O–H groups in total. The van der Waals surface area contributed by atoms with Crippen LogP contribution in [0.3, 0.4) is 0 Å². The lowest BCUT2D eigenvalue weighted by Crippen LogP contribution is -1.95. The fourth-order valence-corrected chi connectivity index (χ4v) is 1.83. The van der Waals surface area contributed by atoms with Crippen molar-refractivity contribution in [3.8, 4) is 6.07 Å². The summed E-state index contributed by atoms with van der Waals surface area (Å²) in [6.07, 6.45) is 7.45. The fourth-order valence-electron chi connectivity index (χ4n) is 1.83. The molecule has 1 aromatic carbocycles. The van der Waals surface area contributed by atoms with Crippen molar-refractivity contribution in [3.05, 3.63) is 65.8 Å². The first-order valence-electron chi connectivity index (χ1n) is 5.78. The molecule has 0 amide bonds. The van der Waals surface area contributed by atoms with E-state index in [1.807, 2.05) is 30.5 Å². The average molecular weight is 236 g/mol. The van der Waals surface area contributed by atoms with Crippen LogP contribution in [0.2, 0.25) is 0 Å². The van der Waals surface area contributed by atoms with E-state index in [1.54, 1.807) is 12.3 Å². The first-order chi connectivity index (χ1) is 8.78. The van der Waals surface area contributed by atoms with Crippen LogP contribution in [0.5, 0.6) is 0 Å². The summed E-state index contributed by atoms with van der Waals surface area (Å²) < 4.78 is 0. The van der Waals surface area contributed by atoms with E-state index in [4.69, 9.17) is 11.0 Å². The Morgan fingerprint density at radius 3 is 2.78 bits per heavy atom. The van der Waals surface area contributed by atoms with Crippen molar-refractivity contribution in [2.24, 2.45) is 0 Å². The highest BCUT2D eigenvalue weighted by Crippen LogP contribution is 2.13. The molecule has 1 heterocycles. The van der Waals surface area contributed by atoms with E-state index in [2.05, 4.69) is 17.5 Å². The predicted octanol–water partition coefficient (Wildman–Crippen LogP) is 2.52. The van der Waals surface area contributed by atoms with Gasteiger partial charge in [0.05, 0.1) is 11.6 Å². The molecule has 0 fully saturated rings. The summed E-state index contributed by atoms with van der Waals surface area (Å²) in [6.45, 7) is 0. The summed E-state index contributed by atoms with van der Waals surface area (Å²) in [7, 11) is 0. The van der Waals surface area contributed by atoms with Crippen molar-refractivity contribution < 1.29 is 0 Å². The van der Waals surface area contributed by atoms with E-state index in [1.165, 1.54) is 5.56 Å². The third-order valence-electron chi connectivity index (χ3n) is 2.63. The van der Waals surface area contributed by atoms with Crippen molar-refractivity contribution in [3.63, 3.8) is 0 Å². The second kappa shape index (κ2) is 5.83. The topological polar surface area (TPSA) is 62.7 Å². The molecule has 0 bridgehead atoms. The van der Waals surface area contributed by atoms with Gasteiger partial charge in [0, 0.05) is 18.1 Å². The molecule has 1 radical (unpaired) electrons. The maximum absolute atomic E-state index is 8.87. The minimum atomic E-state index is 0.611. The molecule has 0 atom stereocenters. The number of pyridine rings is 1. The monoisotopic (exact) mass is 236 g/mol. The molecule has 2 rings (SSSR count). The Labute approximate surface area is 107 Å². The second-order valence-corrected chi connectivity index (χ2v) is 4.13. The van der Waals surface area contributed by atoms with E-state index in [9.17, 15) is 0 Å². The van der Waals surface area contributed by atoms with Crippen LogP contribution < -0.4 is 5.73 Å². The molecule has 0 saturated heterocycles. The Hall–Kier alpha value is -2.34. The highest BCUT2D eigenvalue weighted by atomic mass is 14.6. The molecule has 3 nitrogen and oxygen atoms in total. The van der Waals surface area contributed by atoms with Crippen molar-refractivity contribution in [1.29, 1.82) is 5.26 Å². The lowest BCUT2D eigenvalue weighted by atomic mass is 10.0. The van der Waals surface area contributed by atoms with Crippen LogP contribution in [0.25, 0.3) is 0 Å². The number of anilines is 1. The van der Waals surface area contributed by atoms with E-state index in [0.717, 1.165) is 18.4 Å². The molecule has 0 aliphatic rings. The Bertz CT molecular complexity index is 556. The van der Waals surface area contributed by atoms with Crippen LogP contribution in [0.4, 0.5) is 5.69 Å². The molecule has 0 aliphatic carbocycles. The zero-order valence-corrected chi connectivity index (χ0v) is 10.0. The molecule has 2 aromatic rings. The molecular weight excluding hydrogens is 222 g/mol. The molecule has 18 heavy (non-hydrogen) atoms. The molecule has 3 heteroatoms. The number of aromatic nitrogens is 1. The molecule has 0 saturated carbocycles. The van der Waals surface area contributed by atoms with Gasteiger partial charge in [-0.3, -0.25) is 4.98 Å². The first-order valence-corrected chi connectivity index (χ1v) is 5.78. The maximum Gasteiger partial charge on any atom is 0.0992 e. The van der Waals surface area contributed by atoms with Gasteiger partial charge in [-0.15, -0.1) is 0 Å². The Kier molecular flexibility index (Phi) is 3.93.